The van der Waals surface area contributed by atoms with E-state index in [1.807, 2.05) is 12.1 Å². The third kappa shape index (κ3) is 1.82. The van der Waals surface area contributed by atoms with Crippen molar-refractivity contribution >= 4 is 6.72 Å². The van der Waals surface area contributed by atoms with Gasteiger partial charge in [0.1, 0.15) is 0 Å². The first-order valence-corrected chi connectivity index (χ1v) is 4.62. The van der Waals surface area contributed by atoms with Gasteiger partial charge in [-0.3, -0.25) is 5.01 Å². The fourth-order valence-corrected chi connectivity index (χ4v) is 1.86. The monoisotopic (exact) mass is 178 g/mol. The highest BCUT2D eigenvalue weighted by molar-refractivity contribution is 5.30. The Morgan fingerprint density at radius 2 is 1.85 bits per heavy atom. The van der Waals surface area contributed by atoms with Gasteiger partial charge >= 0.3 is 0 Å². The summed E-state index contributed by atoms with van der Waals surface area (Å²) in [5, 5.41) is 5.90. The maximum absolute atomic E-state index is 3.96. The quantitative estimate of drug-likeness (QED) is 0.468. The molecule has 1 rings (SSSR count). The van der Waals surface area contributed by atoms with Crippen molar-refractivity contribution in [1.82, 2.24) is 5.01 Å². The van der Waals surface area contributed by atoms with Crippen LogP contribution in [0, 0.1) is 5.92 Å². The molecule has 0 aromatic carbocycles. The molecule has 0 radical (unpaired) electrons. The summed E-state index contributed by atoms with van der Waals surface area (Å²) in [7, 11) is 1.98. The Morgan fingerprint density at radius 3 is 2.38 bits per heavy atom. The predicted octanol–water partition coefficient (Wildman–Crippen LogP) is 2.44. The first-order valence-electron chi connectivity index (χ1n) is 4.62. The van der Waals surface area contributed by atoms with Crippen LogP contribution in [0.1, 0.15) is 20.8 Å². The molecule has 72 valence electrons. The Balaban J connectivity index is 2.92. The summed E-state index contributed by atoms with van der Waals surface area (Å²) in [5.41, 5.74) is 2.76. The van der Waals surface area contributed by atoms with E-state index in [4.69, 9.17) is 0 Å². The van der Waals surface area contributed by atoms with Crippen molar-refractivity contribution in [1.29, 1.82) is 0 Å². The Labute approximate surface area is 80.6 Å². The van der Waals surface area contributed by atoms with Crippen LogP contribution in [0.3, 0.4) is 0 Å². The average Bonchev–Trinajstić information content (AvgIpc) is 2.12. The molecule has 0 spiro atoms. The highest BCUT2D eigenvalue weighted by Crippen LogP contribution is 2.28. The minimum Gasteiger partial charge on any atom is -0.293 e. The molecule has 0 N–H and O–H groups in total. The van der Waals surface area contributed by atoms with Crippen molar-refractivity contribution in [2.75, 3.05) is 7.05 Å². The van der Waals surface area contributed by atoms with E-state index in [9.17, 15) is 0 Å². The van der Waals surface area contributed by atoms with Crippen LogP contribution in [0.25, 0.3) is 0 Å². The zero-order chi connectivity index (χ0) is 10.0. The summed E-state index contributed by atoms with van der Waals surface area (Å²) >= 11 is 0. The molecule has 0 heterocycles. The van der Waals surface area contributed by atoms with Crippen molar-refractivity contribution in [3.63, 3.8) is 0 Å². The van der Waals surface area contributed by atoms with Gasteiger partial charge in [-0.25, -0.2) is 0 Å². The molecular formula is C11H18N2. The molecule has 2 heteroatoms. The van der Waals surface area contributed by atoms with Crippen LogP contribution in [0.5, 0.6) is 0 Å². The number of allylic oxidation sites excluding steroid dienone is 2. The number of likely N-dealkylation sites (N-methyl/N-ethyl adjacent to an activating group) is 1. The topological polar surface area (TPSA) is 15.6 Å². The van der Waals surface area contributed by atoms with E-state index in [0.717, 1.165) is 0 Å². The van der Waals surface area contributed by atoms with Crippen LogP contribution in [0.2, 0.25) is 0 Å². The summed E-state index contributed by atoms with van der Waals surface area (Å²) in [4.78, 5) is 0. The largest absolute Gasteiger partial charge is 0.293 e. The fourth-order valence-electron chi connectivity index (χ4n) is 1.86. The molecule has 2 unspecified atom stereocenters. The van der Waals surface area contributed by atoms with E-state index in [2.05, 4.69) is 44.7 Å². The lowest BCUT2D eigenvalue weighted by Gasteiger charge is -2.34. The number of hydrazone groups is 1. The van der Waals surface area contributed by atoms with Gasteiger partial charge in [0.15, 0.2) is 0 Å². The van der Waals surface area contributed by atoms with Crippen molar-refractivity contribution in [2.45, 2.75) is 26.8 Å². The lowest BCUT2D eigenvalue weighted by atomic mass is 9.85. The summed E-state index contributed by atoms with van der Waals surface area (Å²) in [6.07, 6.45) is 4.36. The molecule has 0 amide bonds. The molecule has 0 bridgehead atoms. The Morgan fingerprint density at radius 1 is 1.31 bits per heavy atom. The summed E-state index contributed by atoms with van der Waals surface area (Å²) < 4.78 is 0. The number of hydrogen-bond donors (Lipinski definition) is 0. The Hall–Kier alpha value is -1.05. The number of nitrogens with zero attached hydrogens (tertiary/aromatic N) is 2. The molecule has 0 aliphatic heterocycles. The first-order chi connectivity index (χ1) is 6.07. The number of rotatable bonds is 2. The van der Waals surface area contributed by atoms with Crippen LogP contribution in [0.15, 0.2) is 28.4 Å². The summed E-state index contributed by atoms with van der Waals surface area (Å²) in [6.45, 7) is 10.1. The third-order valence-corrected chi connectivity index (χ3v) is 2.89. The second-order valence-corrected chi connectivity index (χ2v) is 3.77. The van der Waals surface area contributed by atoms with Crippen LogP contribution >= 0.6 is 0 Å². The van der Waals surface area contributed by atoms with Gasteiger partial charge in [0, 0.05) is 19.7 Å². The van der Waals surface area contributed by atoms with Gasteiger partial charge in [0.25, 0.3) is 0 Å². The Kier molecular flexibility index (Phi) is 2.91. The second-order valence-electron chi connectivity index (χ2n) is 3.77. The van der Waals surface area contributed by atoms with Gasteiger partial charge in [-0.2, -0.15) is 5.10 Å². The van der Waals surface area contributed by atoms with Crippen LogP contribution < -0.4 is 0 Å². The maximum atomic E-state index is 3.96. The molecule has 2 atom stereocenters. The lowest BCUT2D eigenvalue weighted by molar-refractivity contribution is 0.239. The molecule has 1 aliphatic rings. The average molecular weight is 178 g/mol. The minimum absolute atomic E-state index is 0.377. The van der Waals surface area contributed by atoms with E-state index in [1.54, 1.807) is 0 Å². The van der Waals surface area contributed by atoms with E-state index in [0.29, 0.717) is 12.0 Å². The van der Waals surface area contributed by atoms with Crippen molar-refractivity contribution in [3.8, 4) is 0 Å². The molecule has 0 fully saturated rings. The van der Waals surface area contributed by atoms with Gasteiger partial charge in [0.05, 0.1) is 6.04 Å². The summed E-state index contributed by atoms with van der Waals surface area (Å²) in [6, 6.07) is 0.377. The smallest absolute Gasteiger partial charge is 0.0739 e. The third-order valence-electron chi connectivity index (χ3n) is 2.89. The van der Waals surface area contributed by atoms with Gasteiger partial charge < -0.3 is 0 Å². The molecule has 13 heavy (non-hydrogen) atoms. The molecule has 0 saturated carbocycles. The van der Waals surface area contributed by atoms with Crippen LogP contribution in [-0.2, 0) is 0 Å². The molecule has 0 aromatic heterocycles. The number of hydrogen-bond acceptors (Lipinski definition) is 2. The zero-order valence-corrected chi connectivity index (χ0v) is 8.91. The lowest BCUT2D eigenvalue weighted by Crippen LogP contribution is -2.36. The molecular weight excluding hydrogens is 160 g/mol. The fraction of sp³-hybridized carbons (Fsp3) is 0.545. The normalized spacial score (nSPS) is 27.7. The second kappa shape index (κ2) is 3.77. The van der Waals surface area contributed by atoms with Gasteiger partial charge in [-0.1, -0.05) is 24.6 Å². The summed E-state index contributed by atoms with van der Waals surface area (Å²) in [5.74, 6) is 0.528. The van der Waals surface area contributed by atoms with Gasteiger partial charge in [0.2, 0.25) is 0 Å². The van der Waals surface area contributed by atoms with Crippen molar-refractivity contribution < 1.29 is 0 Å². The van der Waals surface area contributed by atoms with Crippen molar-refractivity contribution in [3.05, 3.63) is 23.3 Å². The minimum atomic E-state index is 0.377. The Bertz CT molecular complexity index is 263. The van der Waals surface area contributed by atoms with Crippen LogP contribution in [-0.4, -0.2) is 24.8 Å². The zero-order valence-electron chi connectivity index (χ0n) is 8.91. The van der Waals surface area contributed by atoms with Crippen molar-refractivity contribution in [2.24, 2.45) is 11.0 Å². The van der Waals surface area contributed by atoms with E-state index >= 15 is 0 Å². The molecule has 0 saturated heterocycles. The maximum Gasteiger partial charge on any atom is 0.0739 e. The highest BCUT2D eigenvalue weighted by Gasteiger charge is 2.25. The van der Waals surface area contributed by atoms with E-state index < -0.39 is 0 Å². The molecule has 0 aromatic rings. The molecule has 2 nitrogen and oxygen atoms in total. The predicted molar refractivity (Wildman–Crippen MR) is 57.8 cm³/mol. The van der Waals surface area contributed by atoms with E-state index in [1.165, 1.54) is 11.1 Å². The van der Waals surface area contributed by atoms with Crippen LogP contribution in [0.4, 0.5) is 0 Å². The highest BCUT2D eigenvalue weighted by atomic mass is 15.4. The SMILES string of the molecule is C=NN(C)C1C(C)=CC=C(C)C1C. The molecule has 1 aliphatic carbocycles. The van der Waals surface area contributed by atoms with E-state index in [-0.39, 0.29) is 0 Å². The van der Waals surface area contributed by atoms with Gasteiger partial charge in [-0.15, -0.1) is 0 Å². The standard InChI is InChI=1S/C11H18N2/c1-8-6-7-9(2)11(10(8)3)13(5)12-4/h6-7,10-11H,4H2,1-3,5H3. The van der Waals surface area contributed by atoms with Gasteiger partial charge in [-0.05, 0) is 19.4 Å². The first kappa shape index (κ1) is 10.0.